The second-order valence-corrected chi connectivity index (χ2v) is 2.32. The first-order chi connectivity index (χ1) is 7.90. The van der Waals surface area contributed by atoms with Crippen molar-refractivity contribution in [1.29, 1.82) is 0 Å². The maximum Gasteiger partial charge on any atom is 0.334 e. The fraction of sp³-hybridized carbons (Fsp3) is 0.455. The van der Waals surface area contributed by atoms with Crippen LogP contribution in [0, 0.1) is 20.8 Å². The summed E-state index contributed by atoms with van der Waals surface area (Å²) in [6.45, 7) is 10.2. The van der Waals surface area contributed by atoms with E-state index in [-0.39, 0.29) is 18.8 Å². The van der Waals surface area contributed by atoms with Crippen molar-refractivity contribution >= 4 is 5.97 Å². The molecule has 0 saturated heterocycles. The largest absolute Gasteiger partial charge is 0.478 e. The molecule has 0 aliphatic rings. The van der Waals surface area contributed by atoms with Crippen molar-refractivity contribution < 1.29 is 29.6 Å². The van der Waals surface area contributed by atoms with Crippen LogP contribution in [0.5, 0.6) is 0 Å². The topological polar surface area (TPSA) is 95.6 Å². The van der Waals surface area contributed by atoms with Crippen molar-refractivity contribution in [1.82, 2.24) is 0 Å². The third-order valence-corrected chi connectivity index (χ3v) is 0.997. The van der Waals surface area contributed by atoms with Crippen molar-refractivity contribution in [3.63, 3.8) is 0 Å². The van der Waals surface area contributed by atoms with Crippen LogP contribution in [-0.4, -0.2) is 37.7 Å². The Balaban J connectivity index is -0.000000273. The lowest BCUT2D eigenvalue weighted by molar-refractivity contribution is -0.133. The average molecular weight is 247 g/mol. The van der Waals surface area contributed by atoms with Crippen molar-refractivity contribution in [2.75, 3.05) is 20.3 Å². The van der Waals surface area contributed by atoms with Gasteiger partial charge in [-0.05, 0) is 20.8 Å². The van der Waals surface area contributed by atoms with Gasteiger partial charge in [-0.1, -0.05) is 0 Å². The molecule has 0 amide bonds. The number of hydrogen-bond donors (Lipinski definition) is 1. The maximum atomic E-state index is 10.2. The summed E-state index contributed by atoms with van der Waals surface area (Å²) >= 11 is 0. The van der Waals surface area contributed by atoms with Gasteiger partial charge in [0.1, 0.15) is 0 Å². The molecule has 1 N–H and O–H groups in total. The molecule has 0 aromatic heterocycles. The maximum absolute atomic E-state index is 10.2. The van der Waals surface area contributed by atoms with Gasteiger partial charge in [-0.2, -0.15) is 0 Å². The summed E-state index contributed by atoms with van der Waals surface area (Å²) in [5.74, 6) is -1.02. The van der Waals surface area contributed by atoms with Crippen LogP contribution in [0.3, 0.4) is 0 Å². The summed E-state index contributed by atoms with van der Waals surface area (Å²) in [6, 6.07) is 0. The zero-order valence-electron chi connectivity index (χ0n) is 10.2. The molecule has 0 heterocycles. The molecule has 17 heavy (non-hydrogen) atoms. The van der Waals surface area contributed by atoms with Gasteiger partial charge >= 0.3 is 5.97 Å². The quantitative estimate of drug-likeness (QED) is 0.460. The van der Waals surface area contributed by atoms with Gasteiger partial charge in [-0.25, -0.2) is 15.0 Å². The van der Waals surface area contributed by atoms with E-state index in [2.05, 4.69) is 25.5 Å². The summed E-state index contributed by atoms with van der Waals surface area (Å²) < 4.78 is 9.35. The number of carboxylic acids is 1. The van der Waals surface area contributed by atoms with E-state index < -0.39 is 12.3 Å². The van der Waals surface area contributed by atoms with E-state index in [0.29, 0.717) is 0 Å². The van der Waals surface area contributed by atoms with Gasteiger partial charge in [0.05, 0.1) is 25.0 Å². The standard InChI is InChI=1S/C7H11O4.2C2H4O/c1-5(7(8)9)4-11-6(2)10-3;2*1-2-3/h4,6H,2H2,1,3H3,(H,8,9);2*1-2H2. The Morgan fingerprint density at radius 3 is 1.94 bits per heavy atom. The minimum Gasteiger partial charge on any atom is -0.478 e. The zero-order chi connectivity index (χ0) is 14.3. The third kappa shape index (κ3) is 25.3. The molecule has 0 rings (SSSR count). The van der Waals surface area contributed by atoms with Crippen LogP contribution in [-0.2, 0) is 24.5 Å². The van der Waals surface area contributed by atoms with Crippen LogP contribution in [0.15, 0.2) is 11.8 Å². The summed E-state index contributed by atoms with van der Waals surface area (Å²) in [6.07, 6.45) is 0.438. The second-order valence-electron chi connectivity index (χ2n) is 2.32. The number of ether oxygens (including phenoxy) is 2. The van der Waals surface area contributed by atoms with Crippen LogP contribution in [0.2, 0.25) is 0 Å². The van der Waals surface area contributed by atoms with E-state index in [0.717, 1.165) is 6.26 Å². The summed E-state index contributed by atoms with van der Waals surface area (Å²) in [7, 11) is 1.42. The Kier molecular flexibility index (Phi) is 21.6. The lowest BCUT2D eigenvalue weighted by atomic mass is 10.3. The number of hydrogen-bond acceptors (Lipinski definition) is 3. The van der Waals surface area contributed by atoms with E-state index in [1.807, 2.05) is 0 Å². The highest BCUT2D eigenvalue weighted by Crippen LogP contribution is 1.96. The number of rotatable bonds is 4. The molecule has 0 aliphatic heterocycles. The average Bonchev–Trinajstić information content (AvgIpc) is 2.27. The molecule has 0 spiro atoms. The minimum absolute atomic E-state index is 0.107. The summed E-state index contributed by atoms with van der Waals surface area (Å²) in [5.41, 5.74) is 0.107. The fourth-order valence-corrected chi connectivity index (χ4v) is 0.284. The highest BCUT2D eigenvalue weighted by molar-refractivity contribution is 5.85. The van der Waals surface area contributed by atoms with Gasteiger partial charge in [0, 0.05) is 14.0 Å². The highest BCUT2D eigenvalue weighted by atomic mass is 16.7. The van der Waals surface area contributed by atoms with Crippen molar-refractivity contribution in [3.8, 4) is 0 Å². The zero-order valence-corrected chi connectivity index (χ0v) is 10.2. The first-order valence-electron chi connectivity index (χ1n) is 4.57. The number of carbonyl (C=O) groups is 1. The number of aliphatic carboxylic acids is 1. The molecular weight excluding hydrogens is 228 g/mol. The van der Waals surface area contributed by atoms with Crippen molar-refractivity contribution in [2.24, 2.45) is 0 Å². The molecule has 1 atom stereocenters. The first kappa shape index (κ1) is 21.2. The van der Waals surface area contributed by atoms with Crippen molar-refractivity contribution in [2.45, 2.75) is 13.2 Å². The minimum atomic E-state index is -1.02. The first-order valence-corrected chi connectivity index (χ1v) is 4.57. The Morgan fingerprint density at radius 2 is 1.71 bits per heavy atom. The van der Waals surface area contributed by atoms with E-state index in [4.69, 9.17) is 20.1 Å². The molecule has 6 nitrogen and oxygen atoms in total. The molecule has 0 saturated carbocycles. The van der Waals surface area contributed by atoms with E-state index in [1.54, 1.807) is 0 Å². The van der Waals surface area contributed by atoms with Gasteiger partial charge in [0.25, 0.3) is 0 Å². The van der Waals surface area contributed by atoms with Crippen LogP contribution < -0.4 is 0 Å². The Hall–Kier alpha value is -1.11. The van der Waals surface area contributed by atoms with Crippen LogP contribution in [0.25, 0.3) is 0 Å². The molecule has 1 unspecified atom stereocenters. The van der Waals surface area contributed by atoms with Crippen LogP contribution >= 0.6 is 0 Å². The third-order valence-electron chi connectivity index (χ3n) is 0.997. The summed E-state index contributed by atoms with van der Waals surface area (Å²) in [5, 5.41) is 26.0. The molecule has 0 bridgehead atoms. The predicted molar refractivity (Wildman–Crippen MR) is 60.5 cm³/mol. The highest BCUT2D eigenvalue weighted by Gasteiger charge is 2.01. The molecule has 0 aliphatic carbocycles. The lowest BCUT2D eigenvalue weighted by Gasteiger charge is -2.07. The lowest BCUT2D eigenvalue weighted by Crippen LogP contribution is -2.08. The van der Waals surface area contributed by atoms with Gasteiger partial charge in [-0.15, -0.1) is 0 Å². The second kappa shape index (κ2) is 17.3. The Labute approximate surface area is 102 Å². The van der Waals surface area contributed by atoms with Crippen molar-refractivity contribution in [3.05, 3.63) is 32.6 Å². The molecule has 99 valence electrons. The van der Waals surface area contributed by atoms with Gasteiger partial charge in [0.2, 0.25) is 0 Å². The number of carboxylic acid groups (broad SMARTS) is 1. The van der Waals surface area contributed by atoms with E-state index >= 15 is 0 Å². The monoisotopic (exact) mass is 247 g/mol. The SMILES string of the molecule is [CH2]C(OC)OC=C(C)C(=O)O.[CH2]C[O].[CH2]C[O]. The Morgan fingerprint density at radius 1 is 1.35 bits per heavy atom. The molecule has 0 aromatic rings. The van der Waals surface area contributed by atoms with Gasteiger partial charge in [-0.3, -0.25) is 0 Å². The fourth-order valence-electron chi connectivity index (χ4n) is 0.284. The summed E-state index contributed by atoms with van der Waals surface area (Å²) in [4.78, 5) is 10.2. The van der Waals surface area contributed by atoms with Crippen LogP contribution in [0.4, 0.5) is 0 Å². The predicted octanol–water partition coefficient (Wildman–Crippen LogP) is 1.30. The van der Waals surface area contributed by atoms with E-state index in [9.17, 15) is 4.79 Å². The molecule has 5 radical (unpaired) electrons. The van der Waals surface area contributed by atoms with E-state index in [1.165, 1.54) is 14.0 Å². The molecule has 0 aromatic carbocycles. The molecule has 0 fully saturated rings. The van der Waals surface area contributed by atoms with Gasteiger partial charge < -0.3 is 14.6 Å². The Bertz CT molecular complexity index is 188. The smallest absolute Gasteiger partial charge is 0.334 e. The van der Waals surface area contributed by atoms with Crippen LogP contribution in [0.1, 0.15) is 6.92 Å². The molecule has 6 heteroatoms. The van der Waals surface area contributed by atoms with Gasteiger partial charge in [0.15, 0.2) is 6.29 Å². The number of methoxy groups -OCH3 is 1. The normalized spacial score (nSPS) is 11.4. The molecular formula is C11H19O6.